The molecule has 6 heteroatoms. The lowest BCUT2D eigenvalue weighted by molar-refractivity contribution is -0.150. The molecule has 0 aliphatic carbocycles. The molecule has 2 atom stereocenters. The van der Waals surface area contributed by atoms with Gasteiger partial charge in [0.25, 0.3) is 0 Å². The van der Waals surface area contributed by atoms with Gasteiger partial charge in [-0.05, 0) is 53.0 Å². The molecule has 0 aromatic carbocycles. The second kappa shape index (κ2) is 6.30. The Bertz CT molecular complexity index is 466. The summed E-state index contributed by atoms with van der Waals surface area (Å²) >= 11 is 0. The highest BCUT2D eigenvalue weighted by Gasteiger charge is 2.53. The Morgan fingerprint density at radius 2 is 1.87 bits per heavy atom. The van der Waals surface area contributed by atoms with E-state index in [-0.39, 0.29) is 12.5 Å². The number of hydrogen-bond donors (Lipinski definition) is 1. The summed E-state index contributed by atoms with van der Waals surface area (Å²) in [5, 5.41) is 9.35. The fourth-order valence-corrected chi connectivity index (χ4v) is 3.80. The van der Waals surface area contributed by atoms with Gasteiger partial charge in [0.1, 0.15) is 5.60 Å². The van der Waals surface area contributed by atoms with E-state index in [2.05, 4.69) is 18.7 Å². The third-order valence-electron chi connectivity index (χ3n) is 5.09. The zero-order valence-electron chi connectivity index (χ0n) is 15.0. The number of nitrogens with zero attached hydrogens (tertiary/aromatic N) is 2. The molecule has 2 unspecified atom stereocenters. The van der Waals surface area contributed by atoms with Gasteiger partial charge in [-0.1, -0.05) is 6.92 Å². The Hall–Kier alpha value is -1.30. The predicted octanol–water partition coefficient (Wildman–Crippen LogP) is 2.57. The third-order valence-corrected chi connectivity index (χ3v) is 5.09. The quantitative estimate of drug-likeness (QED) is 0.863. The lowest BCUT2D eigenvalue weighted by atomic mass is 9.79. The van der Waals surface area contributed by atoms with Crippen molar-refractivity contribution in [2.75, 3.05) is 19.6 Å². The van der Waals surface area contributed by atoms with Crippen molar-refractivity contribution < 1.29 is 19.4 Å². The van der Waals surface area contributed by atoms with Crippen LogP contribution in [0.3, 0.4) is 0 Å². The van der Waals surface area contributed by atoms with Gasteiger partial charge < -0.3 is 14.7 Å². The summed E-state index contributed by atoms with van der Waals surface area (Å²) < 4.78 is 5.40. The maximum absolute atomic E-state index is 12.2. The van der Waals surface area contributed by atoms with E-state index in [4.69, 9.17) is 4.74 Å². The maximum Gasteiger partial charge on any atom is 0.410 e. The second-order valence-corrected chi connectivity index (χ2v) is 8.18. The van der Waals surface area contributed by atoms with Gasteiger partial charge in [-0.15, -0.1) is 0 Å². The lowest BCUT2D eigenvalue weighted by Gasteiger charge is -2.58. The monoisotopic (exact) mass is 326 g/mol. The van der Waals surface area contributed by atoms with Gasteiger partial charge in [-0.2, -0.15) is 0 Å². The molecule has 2 fully saturated rings. The highest BCUT2D eigenvalue weighted by atomic mass is 16.6. The van der Waals surface area contributed by atoms with Crippen molar-refractivity contribution in [3.05, 3.63) is 0 Å². The van der Waals surface area contributed by atoms with E-state index in [9.17, 15) is 14.7 Å². The van der Waals surface area contributed by atoms with E-state index in [1.807, 2.05) is 20.8 Å². The maximum atomic E-state index is 12.2. The number of aliphatic carboxylic acids is 1. The fraction of sp³-hybridized carbons (Fsp3) is 0.882. The molecule has 6 nitrogen and oxygen atoms in total. The molecule has 0 aromatic rings. The first kappa shape index (κ1) is 18.0. The van der Waals surface area contributed by atoms with E-state index >= 15 is 0 Å². The SMILES string of the molecule is CC1CCCN(C2(CC(=O)O)CN(C(=O)OC(C)(C)C)C2)C1C. The summed E-state index contributed by atoms with van der Waals surface area (Å²) in [6.45, 7) is 11.7. The van der Waals surface area contributed by atoms with E-state index in [0.29, 0.717) is 25.0 Å². The molecule has 0 aromatic heterocycles. The Kier molecular flexibility index (Phi) is 4.95. The Morgan fingerprint density at radius 1 is 1.26 bits per heavy atom. The van der Waals surface area contributed by atoms with Gasteiger partial charge in [0.05, 0.1) is 12.0 Å². The number of piperidine rings is 1. The molecule has 2 rings (SSSR count). The minimum Gasteiger partial charge on any atom is -0.481 e. The molecule has 0 spiro atoms. The summed E-state index contributed by atoms with van der Waals surface area (Å²) in [5.74, 6) is -0.260. The number of carbonyl (C=O) groups excluding carboxylic acids is 1. The van der Waals surface area contributed by atoms with Crippen molar-refractivity contribution in [1.29, 1.82) is 0 Å². The number of amides is 1. The van der Waals surface area contributed by atoms with Gasteiger partial charge in [-0.25, -0.2) is 4.79 Å². The molecule has 1 amide bonds. The second-order valence-electron chi connectivity index (χ2n) is 8.18. The molecule has 2 aliphatic heterocycles. The van der Waals surface area contributed by atoms with Crippen LogP contribution in [0.15, 0.2) is 0 Å². The van der Waals surface area contributed by atoms with Crippen molar-refractivity contribution >= 4 is 12.1 Å². The molecule has 0 radical (unpaired) electrons. The number of hydrogen-bond acceptors (Lipinski definition) is 4. The van der Waals surface area contributed by atoms with Crippen molar-refractivity contribution in [3.63, 3.8) is 0 Å². The van der Waals surface area contributed by atoms with Crippen LogP contribution in [-0.4, -0.2) is 63.8 Å². The average Bonchev–Trinajstić information content (AvgIpc) is 2.34. The molecule has 1 N–H and O–H groups in total. The van der Waals surface area contributed by atoms with Crippen LogP contribution in [0.2, 0.25) is 0 Å². The third kappa shape index (κ3) is 3.97. The van der Waals surface area contributed by atoms with E-state index in [0.717, 1.165) is 13.0 Å². The number of carboxylic acid groups (broad SMARTS) is 1. The number of likely N-dealkylation sites (tertiary alicyclic amines) is 2. The van der Waals surface area contributed by atoms with Crippen LogP contribution in [0.4, 0.5) is 4.79 Å². The topological polar surface area (TPSA) is 70.1 Å². The van der Waals surface area contributed by atoms with Crippen LogP contribution in [0, 0.1) is 5.92 Å². The number of rotatable bonds is 3. The molecule has 2 heterocycles. The van der Waals surface area contributed by atoms with Crippen LogP contribution >= 0.6 is 0 Å². The number of carboxylic acids is 1. The smallest absolute Gasteiger partial charge is 0.410 e. The van der Waals surface area contributed by atoms with Gasteiger partial charge in [-0.3, -0.25) is 9.69 Å². The van der Waals surface area contributed by atoms with Crippen LogP contribution in [0.1, 0.15) is 53.9 Å². The van der Waals surface area contributed by atoms with Crippen LogP contribution < -0.4 is 0 Å². The molecule has 0 saturated carbocycles. The van der Waals surface area contributed by atoms with Crippen molar-refractivity contribution in [2.45, 2.75) is 71.1 Å². The minimum atomic E-state index is -0.806. The lowest BCUT2D eigenvalue weighted by Crippen LogP contribution is -2.74. The van der Waals surface area contributed by atoms with E-state index in [1.165, 1.54) is 6.42 Å². The Labute approximate surface area is 138 Å². The largest absolute Gasteiger partial charge is 0.481 e. The highest BCUT2D eigenvalue weighted by Crippen LogP contribution is 2.38. The summed E-state index contributed by atoms with van der Waals surface area (Å²) in [7, 11) is 0. The minimum absolute atomic E-state index is 0.0728. The first-order valence-corrected chi connectivity index (χ1v) is 8.50. The summed E-state index contributed by atoms with van der Waals surface area (Å²) in [6.07, 6.45) is 1.98. The number of ether oxygens (including phenoxy) is 1. The van der Waals surface area contributed by atoms with Crippen LogP contribution in [0.25, 0.3) is 0 Å². The highest BCUT2D eigenvalue weighted by molar-refractivity contribution is 5.73. The first-order chi connectivity index (χ1) is 10.5. The summed E-state index contributed by atoms with van der Waals surface area (Å²) in [6, 6.07) is 0.337. The normalized spacial score (nSPS) is 28.1. The molecule has 23 heavy (non-hydrogen) atoms. The Balaban J connectivity index is 2.09. The van der Waals surface area contributed by atoms with Crippen molar-refractivity contribution in [2.24, 2.45) is 5.92 Å². The molecule has 2 saturated heterocycles. The predicted molar refractivity (Wildman–Crippen MR) is 87.4 cm³/mol. The summed E-state index contributed by atoms with van der Waals surface area (Å²) in [5.41, 5.74) is -0.980. The first-order valence-electron chi connectivity index (χ1n) is 8.50. The fourth-order valence-electron chi connectivity index (χ4n) is 3.80. The van der Waals surface area contributed by atoms with Crippen LogP contribution in [0.5, 0.6) is 0 Å². The van der Waals surface area contributed by atoms with Gasteiger partial charge in [0.2, 0.25) is 0 Å². The number of carbonyl (C=O) groups is 2. The van der Waals surface area contributed by atoms with Gasteiger partial charge in [0, 0.05) is 19.1 Å². The van der Waals surface area contributed by atoms with E-state index < -0.39 is 17.1 Å². The van der Waals surface area contributed by atoms with Crippen molar-refractivity contribution in [3.8, 4) is 0 Å². The zero-order chi connectivity index (χ0) is 17.4. The van der Waals surface area contributed by atoms with Crippen LogP contribution in [-0.2, 0) is 9.53 Å². The van der Waals surface area contributed by atoms with Gasteiger partial charge in [0.15, 0.2) is 0 Å². The van der Waals surface area contributed by atoms with Gasteiger partial charge >= 0.3 is 12.1 Å². The molecular formula is C17H30N2O4. The molecule has 132 valence electrons. The molecule has 2 aliphatic rings. The average molecular weight is 326 g/mol. The summed E-state index contributed by atoms with van der Waals surface area (Å²) in [4.78, 5) is 27.5. The van der Waals surface area contributed by atoms with Crippen molar-refractivity contribution in [1.82, 2.24) is 9.80 Å². The Morgan fingerprint density at radius 3 is 2.39 bits per heavy atom. The van der Waals surface area contributed by atoms with E-state index in [1.54, 1.807) is 4.90 Å². The zero-order valence-corrected chi connectivity index (χ0v) is 15.0. The standard InChI is InChI=1S/C17H30N2O4/c1-12-7-6-8-19(13(12)2)17(9-14(20)21)10-18(11-17)15(22)23-16(3,4)5/h12-13H,6-11H2,1-5H3,(H,20,21). The molecule has 0 bridgehead atoms. The molecular weight excluding hydrogens is 296 g/mol.